The van der Waals surface area contributed by atoms with E-state index in [2.05, 4.69) is 5.32 Å². The van der Waals surface area contributed by atoms with E-state index in [1.807, 2.05) is 24.3 Å². The molecule has 0 bridgehead atoms. The van der Waals surface area contributed by atoms with Crippen LogP contribution in [-0.4, -0.2) is 6.09 Å². The van der Waals surface area contributed by atoms with Gasteiger partial charge in [0.25, 0.3) is 0 Å². The zero-order chi connectivity index (χ0) is 15.2. The highest BCUT2D eigenvalue weighted by atomic mass is 19.1. The van der Waals surface area contributed by atoms with E-state index in [0.29, 0.717) is 17.9 Å². The van der Waals surface area contributed by atoms with E-state index >= 15 is 0 Å². The van der Waals surface area contributed by atoms with Crippen molar-refractivity contribution in [3.8, 4) is 0 Å². The Bertz CT molecular complexity index is 629. The maximum absolute atomic E-state index is 13.1. The number of benzene rings is 2. The van der Waals surface area contributed by atoms with Gasteiger partial charge in [-0.15, -0.1) is 0 Å². The number of carbonyl (C=O) groups is 1. The van der Waals surface area contributed by atoms with Gasteiger partial charge >= 0.3 is 6.09 Å². The summed E-state index contributed by atoms with van der Waals surface area (Å²) in [6.45, 7) is 0.643. The van der Waals surface area contributed by atoms with Crippen LogP contribution in [0.15, 0.2) is 42.5 Å². The number of amides is 1. The van der Waals surface area contributed by atoms with Crippen molar-refractivity contribution < 1.29 is 13.9 Å². The zero-order valence-corrected chi connectivity index (χ0v) is 11.3. The third kappa shape index (κ3) is 4.38. The molecule has 21 heavy (non-hydrogen) atoms. The van der Waals surface area contributed by atoms with Crippen molar-refractivity contribution in [3.05, 3.63) is 59.4 Å². The van der Waals surface area contributed by atoms with Crippen LogP contribution in [0.5, 0.6) is 0 Å². The number of halogens is 1. The molecule has 0 saturated carbocycles. The van der Waals surface area contributed by atoms with Crippen LogP contribution in [0.3, 0.4) is 0 Å². The summed E-state index contributed by atoms with van der Waals surface area (Å²) in [6, 6.07) is 11.6. The lowest BCUT2D eigenvalue weighted by Gasteiger charge is -2.10. The minimum Gasteiger partial charge on any atom is -0.445 e. The van der Waals surface area contributed by atoms with Gasteiger partial charge in [0.1, 0.15) is 12.4 Å². The molecule has 0 aliphatic carbocycles. The number of nitrogens with one attached hydrogen (secondary N) is 1. The molecular weight excluding hydrogens is 273 g/mol. The number of nitrogen functional groups attached to an aromatic ring is 1. The van der Waals surface area contributed by atoms with Crippen molar-refractivity contribution in [2.75, 3.05) is 11.1 Å². The van der Waals surface area contributed by atoms with Crippen LogP contribution >= 0.6 is 0 Å². The molecule has 0 aliphatic rings. The Labute approximate surface area is 121 Å². The summed E-state index contributed by atoms with van der Waals surface area (Å²) in [5.41, 5.74) is 13.5. The molecule has 0 unspecified atom stereocenters. The lowest BCUT2D eigenvalue weighted by Crippen LogP contribution is -2.12. The van der Waals surface area contributed by atoms with Crippen LogP contribution in [0.2, 0.25) is 0 Å². The molecule has 0 aromatic heterocycles. The Morgan fingerprint density at radius 1 is 1.14 bits per heavy atom. The second-order valence-corrected chi connectivity index (χ2v) is 4.51. The van der Waals surface area contributed by atoms with Crippen molar-refractivity contribution >= 4 is 17.5 Å². The molecule has 6 heteroatoms. The molecule has 2 aromatic carbocycles. The summed E-state index contributed by atoms with van der Waals surface area (Å²) in [6.07, 6.45) is -0.803. The third-order valence-electron chi connectivity index (χ3n) is 2.90. The fraction of sp³-hybridized carbons (Fsp3) is 0.133. The third-order valence-corrected chi connectivity index (χ3v) is 2.90. The number of carbonyl (C=O) groups excluding carboxylic acids is 1. The molecule has 2 rings (SSSR count). The summed E-state index contributed by atoms with van der Waals surface area (Å²) in [7, 11) is 0. The Balaban J connectivity index is 1.94. The fourth-order valence-electron chi connectivity index (χ4n) is 1.79. The summed E-state index contributed by atoms with van der Waals surface area (Å²) < 4.78 is 17.8. The normalized spacial score (nSPS) is 10.1. The Hall–Kier alpha value is -2.76. The van der Waals surface area contributed by atoms with Crippen molar-refractivity contribution in [3.63, 3.8) is 0 Å². The Morgan fingerprint density at radius 3 is 2.48 bits per heavy atom. The van der Waals surface area contributed by atoms with Gasteiger partial charge in [-0.05, 0) is 29.3 Å². The number of primary amides is 1. The van der Waals surface area contributed by atoms with E-state index in [4.69, 9.17) is 16.2 Å². The smallest absolute Gasteiger partial charge is 0.404 e. The van der Waals surface area contributed by atoms with Gasteiger partial charge in [0.2, 0.25) is 0 Å². The summed E-state index contributed by atoms with van der Waals surface area (Å²) in [4.78, 5) is 10.5. The van der Waals surface area contributed by atoms with Gasteiger partial charge in [-0.2, -0.15) is 0 Å². The van der Waals surface area contributed by atoms with Gasteiger partial charge in [-0.3, -0.25) is 0 Å². The van der Waals surface area contributed by atoms with E-state index in [9.17, 15) is 9.18 Å². The SMILES string of the molecule is NC(=O)OCc1ccc(CNc2cc(F)ccc2N)cc1. The van der Waals surface area contributed by atoms with Gasteiger partial charge in [0.15, 0.2) is 0 Å². The number of hydrogen-bond acceptors (Lipinski definition) is 4. The van der Waals surface area contributed by atoms with E-state index < -0.39 is 6.09 Å². The monoisotopic (exact) mass is 289 g/mol. The molecule has 5 nitrogen and oxygen atoms in total. The van der Waals surface area contributed by atoms with Crippen molar-refractivity contribution in [1.82, 2.24) is 0 Å². The number of ether oxygens (including phenoxy) is 1. The molecule has 0 aliphatic heterocycles. The molecule has 0 spiro atoms. The Morgan fingerprint density at radius 2 is 1.81 bits per heavy atom. The van der Waals surface area contributed by atoms with Gasteiger partial charge < -0.3 is 21.5 Å². The molecule has 0 saturated heterocycles. The van der Waals surface area contributed by atoms with E-state index in [1.165, 1.54) is 18.2 Å². The van der Waals surface area contributed by atoms with Crippen LogP contribution in [0.1, 0.15) is 11.1 Å². The first-order chi connectivity index (χ1) is 10.0. The number of anilines is 2. The average molecular weight is 289 g/mol. The predicted octanol–water partition coefficient (Wildman–Crippen LogP) is 2.62. The van der Waals surface area contributed by atoms with E-state index in [1.54, 1.807) is 0 Å². The van der Waals surface area contributed by atoms with Crippen LogP contribution in [-0.2, 0) is 17.9 Å². The molecule has 0 fully saturated rings. The largest absolute Gasteiger partial charge is 0.445 e. The lowest BCUT2D eigenvalue weighted by molar-refractivity contribution is 0.150. The van der Waals surface area contributed by atoms with Crippen LogP contribution in [0, 0.1) is 5.82 Å². The summed E-state index contributed by atoms with van der Waals surface area (Å²) in [5.74, 6) is -0.342. The van der Waals surface area contributed by atoms with Crippen molar-refractivity contribution in [1.29, 1.82) is 0 Å². The summed E-state index contributed by atoms with van der Waals surface area (Å²) in [5, 5.41) is 3.07. The van der Waals surface area contributed by atoms with Gasteiger partial charge in [-0.25, -0.2) is 9.18 Å². The first-order valence-electron chi connectivity index (χ1n) is 6.33. The highest BCUT2D eigenvalue weighted by molar-refractivity contribution is 5.66. The lowest BCUT2D eigenvalue weighted by atomic mass is 10.1. The molecule has 1 amide bonds. The molecule has 0 radical (unpaired) electrons. The predicted molar refractivity (Wildman–Crippen MR) is 79.0 cm³/mol. The minimum absolute atomic E-state index is 0.139. The highest BCUT2D eigenvalue weighted by Gasteiger charge is 2.02. The summed E-state index contributed by atoms with van der Waals surface area (Å²) >= 11 is 0. The first kappa shape index (κ1) is 14.6. The fourth-order valence-corrected chi connectivity index (χ4v) is 1.79. The number of hydrogen-bond donors (Lipinski definition) is 3. The molecule has 110 valence electrons. The molecule has 5 N–H and O–H groups in total. The Kier molecular flexibility index (Phi) is 4.61. The molecule has 0 heterocycles. The minimum atomic E-state index is -0.803. The molecule has 0 atom stereocenters. The quantitative estimate of drug-likeness (QED) is 0.738. The van der Waals surface area contributed by atoms with Crippen molar-refractivity contribution in [2.24, 2.45) is 5.73 Å². The van der Waals surface area contributed by atoms with E-state index in [-0.39, 0.29) is 12.4 Å². The van der Waals surface area contributed by atoms with Gasteiger partial charge in [0, 0.05) is 6.54 Å². The number of nitrogens with two attached hydrogens (primary N) is 2. The maximum Gasteiger partial charge on any atom is 0.404 e. The number of rotatable bonds is 5. The highest BCUT2D eigenvalue weighted by Crippen LogP contribution is 2.20. The standard InChI is InChI=1S/C15H16FN3O2/c16-12-5-6-13(17)14(7-12)19-8-10-1-3-11(4-2-10)9-21-15(18)20/h1-7,19H,8-9,17H2,(H2,18,20). The zero-order valence-electron chi connectivity index (χ0n) is 11.3. The second-order valence-electron chi connectivity index (χ2n) is 4.51. The van der Waals surface area contributed by atoms with Gasteiger partial charge in [0.05, 0.1) is 11.4 Å². The van der Waals surface area contributed by atoms with Crippen LogP contribution in [0.25, 0.3) is 0 Å². The average Bonchev–Trinajstić information content (AvgIpc) is 2.47. The van der Waals surface area contributed by atoms with Gasteiger partial charge in [-0.1, -0.05) is 24.3 Å². The molecule has 2 aromatic rings. The van der Waals surface area contributed by atoms with Crippen LogP contribution < -0.4 is 16.8 Å². The maximum atomic E-state index is 13.1. The van der Waals surface area contributed by atoms with Crippen LogP contribution in [0.4, 0.5) is 20.6 Å². The van der Waals surface area contributed by atoms with E-state index in [0.717, 1.165) is 11.1 Å². The van der Waals surface area contributed by atoms with Crippen molar-refractivity contribution in [2.45, 2.75) is 13.2 Å². The topological polar surface area (TPSA) is 90.4 Å². The first-order valence-corrected chi connectivity index (χ1v) is 6.33. The second kappa shape index (κ2) is 6.60. The molecular formula is C15H16FN3O2.